The molecule has 6 heteroatoms. The van der Waals surface area contributed by atoms with E-state index in [4.69, 9.17) is 4.74 Å². The normalized spacial score (nSPS) is 10.4. The number of amides is 1. The largest absolute Gasteiger partial charge is 0.475 e. The minimum absolute atomic E-state index is 0.00307. The van der Waals surface area contributed by atoms with Gasteiger partial charge in [-0.05, 0) is 44.2 Å². The van der Waals surface area contributed by atoms with Crippen molar-refractivity contribution in [3.05, 3.63) is 83.6 Å². The number of nitrogens with zero attached hydrogens (tertiary/aromatic N) is 2. The Morgan fingerprint density at radius 2 is 1.83 bits per heavy atom. The van der Waals surface area contributed by atoms with Crippen molar-refractivity contribution in [2.45, 2.75) is 36.3 Å². The van der Waals surface area contributed by atoms with Crippen LogP contribution in [-0.4, -0.2) is 17.0 Å². The maximum atomic E-state index is 12.9. The second-order valence-corrected chi connectivity index (χ2v) is 7.61. The highest BCUT2D eigenvalue weighted by Crippen LogP contribution is 2.32. The first-order chi connectivity index (χ1) is 14.1. The number of pyridine rings is 1. The van der Waals surface area contributed by atoms with Gasteiger partial charge >= 0.3 is 0 Å². The first kappa shape index (κ1) is 20.4. The van der Waals surface area contributed by atoms with Gasteiger partial charge in [-0.15, -0.1) is 0 Å². The van der Waals surface area contributed by atoms with E-state index < -0.39 is 0 Å². The zero-order chi connectivity index (χ0) is 20.6. The van der Waals surface area contributed by atoms with Gasteiger partial charge < -0.3 is 10.1 Å². The molecule has 0 aliphatic heterocycles. The Labute approximate surface area is 174 Å². The van der Waals surface area contributed by atoms with Crippen molar-refractivity contribution < 1.29 is 9.53 Å². The fourth-order valence-corrected chi connectivity index (χ4v) is 3.69. The van der Waals surface area contributed by atoms with Gasteiger partial charge in [-0.1, -0.05) is 42.1 Å². The highest BCUT2D eigenvalue weighted by Gasteiger charge is 2.14. The van der Waals surface area contributed by atoms with E-state index in [-0.39, 0.29) is 12.0 Å². The Morgan fingerprint density at radius 3 is 2.59 bits per heavy atom. The third kappa shape index (κ3) is 5.37. The van der Waals surface area contributed by atoms with Gasteiger partial charge in [-0.25, -0.2) is 4.98 Å². The van der Waals surface area contributed by atoms with Crippen LogP contribution < -0.4 is 10.1 Å². The molecular weight excluding hydrogens is 382 g/mol. The molecule has 0 aliphatic carbocycles. The summed E-state index contributed by atoms with van der Waals surface area (Å²) in [4.78, 5) is 18.7. The molecule has 0 atom stereocenters. The first-order valence-electron chi connectivity index (χ1n) is 9.23. The zero-order valence-electron chi connectivity index (χ0n) is 16.3. The van der Waals surface area contributed by atoms with Gasteiger partial charge in [-0.3, -0.25) is 4.79 Å². The summed E-state index contributed by atoms with van der Waals surface area (Å²) in [5.74, 6) is 0.329. The topological polar surface area (TPSA) is 75.0 Å². The van der Waals surface area contributed by atoms with E-state index >= 15 is 0 Å². The van der Waals surface area contributed by atoms with Crippen LogP contribution in [0.4, 0.5) is 0 Å². The van der Waals surface area contributed by atoms with E-state index in [2.05, 4.69) is 16.4 Å². The van der Waals surface area contributed by atoms with Crippen molar-refractivity contribution in [3.8, 4) is 11.9 Å². The molecule has 0 aliphatic rings. The first-order valence-corrected chi connectivity index (χ1v) is 10.0. The number of benzene rings is 2. The van der Waals surface area contributed by atoms with Crippen LogP contribution in [0.25, 0.3) is 0 Å². The molecule has 5 nitrogen and oxygen atoms in total. The van der Waals surface area contributed by atoms with Crippen LogP contribution in [0.15, 0.2) is 76.7 Å². The number of rotatable bonds is 7. The molecule has 0 saturated carbocycles. The molecule has 0 radical (unpaired) electrons. The number of hydrogen-bond acceptors (Lipinski definition) is 5. The van der Waals surface area contributed by atoms with Crippen LogP contribution in [0.1, 0.15) is 35.3 Å². The fourth-order valence-electron chi connectivity index (χ4n) is 2.67. The van der Waals surface area contributed by atoms with Crippen molar-refractivity contribution in [1.29, 1.82) is 5.26 Å². The average Bonchev–Trinajstić information content (AvgIpc) is 2.73. The molecule has 3 aromatic rings. The lowest BCUT2D eigenvalue weighted by molar-refractivity contribution is 0.0947. The van der Waals surface area contributed by atoms with E-state index in [0.717, 1.165) is 15.4 Å². The number of nitriles is 1. The highest BCUT2D eigenvalue weighted by atomic mass is 32.2. The maximum Gasteiger partial charge on any atom is 0.252 e. The minimum Gasteiger partial charge on any atom is -0.475 e. The van der Waals surface area contributed by atoms with E-state index in [1.165, 1.54) is 11.8 Å². The molecule has 29 heavy (non-hydrogen) atoms. The van der Waals surface area contributed by atoms with Crippen molar-refractivity contribution in [1.82, 2.24) is 10.3 Å². The second kappa shape index (κ2) is 9.76. The summed E-state index contributed by atoms with van der Waals surface area (Å²) < 4.78 is 5.71. The van der Waals surface area contributed by atoms with Crippen molar-refractivity contribution in [3.63, 3.8) is 0 Å². The molecule has 0 spiro atoms. The average molecular weight is 404 g/mol. The predicted molar refractivity (Wildman–Crippen MR) is 113 cm³/mol. The Balaban J connectivity index is 1.77. The molecule has 0 bridgehead atoms. The molecular formula is C23H21N3O2S. The van der Waals surface area contributed by atoms with Gasteiger partial charge in [0.15, 0.2) is 0 Å². The quantitative estimate of drug-likeness (QED) is 0.612. The van der Waals surface area contributed by atoms with Gasteiger partial charge in [0.05, 0.1) is 17.2 Å². The van der Waals surface area contributed by atoms with Crippen molar-refractivity contribution in [2.75, 3.05) is 0 Å². The van der Waals surface area contributed by atoms with Gasteiger partial charge in [0.1, 0.15) is 6.07 Å². The lowest BCUT2D eigenvalue weighted by Gasteiger charge is -2.14. The monoisotopic (exact) mass is 403 g/mol. The summed E-state index contributed by atoms with van der Waals surface area (Å²) in [6, 6.07) is 20.6. The van der Waals surface area contributed by atoms with Crippen molar-refractivity contribution in [2.24, 2.45) is 0 Å². The molecule has 1 heterocycles. The third-order valence-electron chi connectivity index (χ3n) is 4.00. The van der Waals surface area contributed by atoms with Gasteiger partial charge in [0.2, 0.25) is 5.88 Å². The predicted octanol–water partition coefficient (Wildman–Crippen LogP) is 4.82. The standard InChI is InChI=1S/C23H21N3O2S/c1-16(2)28-23-18(9-7-13-25-23)15-26-22(27)19-10-4-6-12-21(19)29-20-11-5-3-8-17(20)14-24/h3-13,16H,15H2,1-2H3,(H,26,27). The van der Waals surface area contributed by atoms with Gasteiger partial charge in [0, 0.05) is 28.1 Å². The summed E-state index contributed by atoms with van der Waals surface area (Å²) in [5, 5.41) is 12.3. The summed E-state index contributed by atoms with van der Waals surface area (Å²) in [6.07, 6.45) is 1.67. The summed E-state index contributed by atoms with van der Waals surface area (Å²) in [6.45, 7) is 4.18. The Morgan fingerprint density at radius 1 is 1.10 bits per heavy atom. The molecule has 146 valence electrons. The molecule has 3 rings (SSSR count). The van der Waals surface area contributed by atoms with Crippen LogP contribution in [-0.2, 0) is 6.54 Å². The van der Waals surface area contributed by atoms with Crippen molar-refractivity contribution >= 4 is 17.7 Å². The van der Waals surface area contributed by atoms with Crippen LogP contribution in [0.2, 0.25) is 0 Å². The molecule has 0 unspecified atom stereocenters. The van der Waals surface area contributed by atoms with Crippen LogP contribution in [0.5, 0.6) is 5.88 Å². The molecule has 1 aromatic heterocycles. The SMILES string of the molecule is CC(C)Oc1ncccc1CNC(=O)c1ccccc1Sc1ccccc1C#N. The van der Waals surface area contributed by atoms with E-state index in [1.807, 2.05) is 62.4 Å². The smallest absolute Gasteiger partial charge is 0.252 e. The van der Waals surface area contributed by atoms with Crippen LogP contribution >= 0.6 is 11.8 Å². The van der Waals surface area contributed by atoms with E-state index in [0.29, 0.717) is 23.6 Å². The lowest BCUT2D eigenvalue weighted by atomic mass is 10.2. The minimum atomic E-state index is -0.193. The second-order valence-electron chi connectivity index (χ2n) is 6.52. The number of nitrogens with one attached hydrogen (secondary N) is 1. The molecule has 1 amide bonds. The summed E-state index contributed by atoms with van der Waals surface area (Å²) in [7, 11) is 0. The lowest BCUT2D eigenvalue weighted by Crippen LogP contribution is -2.24. The molecule has 1 N–H and O–H groups in total. The number of aromatic nitrogens is 1. The van der Waals surface area contributed by atoms with Gasteiger partial charge in [-0.2, -0.15) is 5.26 Å². The van der Waals surface area contributed by atoms with Crippen LogP contribution in [0, 0.1) is 11.3 Å². The number of carbonyl (C=O) groups excluding carboxylic acids is 1. The van der Waals surface area contributed by atoms with E-state index in [9.17, 15) is 10.1 Å². The number of ether oxygens (including phenoxy) is 1. The molecule has 0 fully saturated rings. The molecule has 0 saturated heterocycles. The Kier molecular flexibility index (Phi) is 6.88. The molecule has 2 aromatic carbocycles. The van der Waals surface area contributed by atoms with E-state index in [1.54, 1.807) is 18.3 Å². The summed E-state index contributed by atoms with van der Waals surface area (Å²) in [5.41, 5.74) is 1.95. The Bertz CT molecular complexity index is 1040. The Hall–Kier alpha value is -3.30. The summed E-state index contributed by atoms with van der Waals surface area (Å²) >= 11 is 1.41. The highest BCUT2D eigenvalue weighted by molar-refractivity contribution is 7.99. The van der Waals surface area contributed by atoms with Crippen LogP contribution in [0.3, 0.4) is 0 Å². The maximum absolute atomic E-state index is 12.9. The fraction of sp³-hybridized carbons (Fsp3) is 0.174. The van der Waals surface area contributed by atoms with Gasteiger partial charge in [0.25, 0.3) is 5.91 Å². The third-order valence-corrected chi connectivity index (χ3v) is 5.15. The number of hydrogen-bond donors (Lipinski definition) is 1. The number of carbonyl (C=O) groups is 1. The zero-order valence-corrected chi connectivity index (χ0v) is 17.1.